The summed E-state index contributed by atoms with van der Waals surface area (Å²) >= 11 is 11.9. The van der Waals surface area contributed by atoms with Crippen LogP contribution in [0.15, 0.2) is 24.3 Å². The third-order valence-electron chi connectivity index (χ3n) is 2.53. The number of amides is 1. The van der Waals surface area contributed by atoms with E-state index in [1.807, 2.05) is 25.1 Å². The number of hydrogen-bond acceptors (Lipinski definition) is 1. The summed E-state index contributed by atoms with van der Waals surface area (Å²) in [6.07, 6.45) is 2.03. The largest absolute Gasteiger partial charge is 0.356 e. The number of hydrogen-bond donors (Lipinski definition) is 1. The molecule has 0 aromatic heterocycles. The molecule has 1 rings (SSSR count). The molecular formula is C13H17Cl2NO. The van der Waals surface area contributed by atoms with E-state index in [-0.39, 0.29) is 11.3 Å². The average Bonchev–Trinajstić information content (AvgIpc) is 2.32. The molecule has 0 saturated carbocycles. The minimum absolute atomic E-state index is 0.0157. The molecular weight excluding hydrogens is 257 g/mol. The van der Waals surface area contributed by atoms with Gasteiger partial charge < -0.3 is 5.32 Å². The van der Waals surface area contributed by atoms with Gasteiger partial charge in [-0.25, -0.2) is 0 Å². The second kappa shape index (κ2) is 7.57. The van der Waals surface area contributed by atoms with Crippen molar-refractivity contribution in [3.8, 4) is 0 Å². The molecule has 0 bridgehead atoms. The van der Waals surface area contributed by atoms with E-state index in [1.165, 1.54) is 0 Å². The Hall–Kier alpha value is -0.730. The Bertz CT molecular complexity index is 368. The van der Waals surface area contributed by atoms with Crippen molar-refractivity contribution in [2.45, 2.75) is 31.6 Å². The molecule has 1 N–H and O–H groups in total. The first-order chi connectivity index (χ1) is 8.13. The normalized spacial score (nSPS) is 12.2. The van der Waals surface area contributed by atoms with Crippen LogP contribution in [0.3, 0.4) is 0 Å². The van der Waals surface area contributed by atoms with Crippen molar-refractivity contribution in [2.24, 2.45) is 0 Å². The van der Waals surface area contributed by atoms with Crippen molar-refractivity contribution in [3.63, 3.8) is 0 Å². The molecule has 0 aliphatic carbocycles. The van der Waals surface area contributed by atoms with Crippen molar-refractivity contribution in [3.05, 3.63) is 34.9 Å². The van der Waals surface area contributed by atoms with Gasteiger partial charge in [-0.3, -0.25) is 4.79 Å². The maximum atomic E-state index is 11.6. The number of halogens is 2. The molecule has 0 heterocycles. The monoisotopic (exact) mass is 273 g/mol. The van der Waals surface area contributed by atoms with E-state index in [1.54, 1.807) is 6.07 Å². The summed E-state index contributed by atoms with van der Waals surface area (Å²) in [5.74, 6) is -0.0157. The van der Waals surface area contributed by atoms with Crippen LogP contribution in [0, 0.1) is 0 Å². The number of benzene rings is 1. The first-order valence-electron chi connectivity index (χ1n) is 5.77. The summed E-state index contributed by atoms with van der Waals surface area (Å²) in [6, 6.07) is 7.37. The standard InChI is InChI=1S/C13H17Cl2NO/c1-2-11(14)7-8-16-13(17)9-10-5-3-4-6-12(10)15/h3-6,11H,2,7-9H2,1H3,(H,16,17). The number of alkyl halides is 1. The zero-order chi connectivity index (χ0) is 12.7. The van der Waals surface area contributed by atoms with Gasteiger partial charge in [-0.1, -0.05) is 36.7 Å². The van der Waals surface area contributed by atoms with Crippen LogP contribution in [-0.4, -0.2) is 17.8 Å². The molecule has 1 unspecified atom stereocenters. The predicted octanol–water partition coefficient (Wildman–Crippen LogP) is 3.41. The predicted molar refractivity (Wildman–Crippen MR) is 72.7 cm³/mol. The summed E-state index contributed by atoms with van der Waals surface area (Å²) in [5.41, 5.74) is 0.851. The van der Waals surface area contributed by atoms with Gasteiger partial charge in [-0.15, -0.1) is 11.6 Å². The van der Waals surface area contributed by atoms with Gasteiger partial charge in [0, 0.05) is 16.9 Å². The van der Waals surface area contributed by atoms with Gasteiger partial charge in [-0.2, -0.15) is 0 Å². The Morgan fingerprint density at radius 2 is 2.12 bits per heavy atom. The Balaban J connectivity index is 2.33. The molecule has 2 nitrogen and oxygen atoms in total. The Morgan fingerprint density at radius 1 is 1.41 bits per heavy atom. The second-order valence-electron chi connectivity index (χ2n) is 3.91. The Morgan fingerprint density at radius 3 is 2.76 bits per heavy atom. The van der Waals surface area contributed by atoms with Crippen LogP contribution in [0.5, 0.6) is 0 Å². The first-order valence-corrected chi connectivity index (χ1v) is 6.59. The fourth-order valence-electron chi connectivity index (χ4n) is 1.45. The fourth-order valence-corrected chi connectivity index (χ4v) is 1.76. The highest BCUT2D eigenvalue weighted by molar-refractivity contribution is 6.31. The highest BCUT2D eigenvalue weighted by atomic mass is 35.5. The molecule has 0 saturated heterocycles. The van der Waals surface area contributed by atoms with Gasteiger partial charge in [-0.05, 0) is 24.5 Å². The van der Waals surface area contributed by atoms with Crippen LogP contribution in [-0.2, 0) is 11.2 Å². The van der Waals surface area contributed by atoms with E-state index < -0.39 is 0 Å². The van der Waals surface area contributed by atoms with E-state index in [0.29, 0.717) is 18.0 Å². The van der Waals surface area contributed by atoms with Crippen LogP contribution < -0.4 is 5.32 Å². The molecule has 94 valence electrons. The van der Waals surface area contributed by atoms with Gasteiger partial charge in [0.05, 0.1) is 6.42 Å². The lowest BCUT2D eigenvalue weighted by Gasteiger charge is -2.08. The maximum absolute atomic E-state index is 11.6. The van der Waals surface area contributed by atoms with Crippen molar-refractivity contribution < 1.29 is 4.79 Å². The third kappa shape index (κ3) is 5.42. The van der Waals surface area contributed by atoms with Crippen molar-refractivity contribution in [1.29, 1.82) is 0 Å². The van der Waals surface area contributed by atoms with Crippen LogP contribution >= 0.6 is 23.2 Å². The third-order valence-corrected chi connectivity index (χ3v) is 3.43. The summed E-state index contributed by atoms with van der Waals surface area (Å²) in [5, 5.41) is 3.61. The van der Waals surface area contributed by atoms with Crippen LogP contribution in [0.1, 0.15) is 25.3 Å². The Labute approximate surface area is 112 Å². The minimum atomic E-state index is -0.0157. The molecule has 1 atom stereocenters. The highest BCUT2D eigenvalue weighted by Gasteiger charge is 2.07. The Kier molecular flexibility index (Phi) is 6.38. The number of rotatable bonds is 6. The number of carbonyl (C=O) groups excluding carboxylic acids is 1. The summed E-state index contributed by atoms with van der Waals surface area (Å²) in [4.78, 5) is 11.6. The van der Waals surface area contributed by atoms with Crippen LogP contribution in [0.4, 0.5) is 0 Å². The molecule has 0 aliphatic rings. The lowest BCUT2D eigenvalue weighted by atomic mass is 10.1. The van der Waals surface area contributed by atoms with E-state index in [4.69, 9.17) is 23.2 Å². The van der Waals surface area contributed by atoms with Gasteiger partial charge in [0.2, 0.25) is 5.91 Å². The van der Waals surface area contributed by atoms with E-state index in [9.17, 15) is 4.79 Å². The molecule has 0 spiro atoms. The van der Waals surface area contributed by atoms with Gasteiger partial charge in [0.25, 0.3) is 0 Å². The zero-order valence-corrected chi connectivity index (χ0v) is 11.4. The van der Waals surface area contributed by atoms with E-state index in [0.717, 1.165) is 18.4 Å². The lowest BCUT2D eigenvalue weighted by molar-refractivity contribution is -0.120. The summed E-state index contributed by atoms with van der Waals surface area (Å²) in [6.45, 7) is 2.65. The minimum Gasteiger partial charge on any atom is -0.356 e. The molecule has 1 aromatic carbocycles. The SMILES string of the molecule is CCC(Cl)CCNC(=O)Cc1ccccc1Cl. The average molecular weight is 274 g/mol. The van der Waals surface area contributed by atoms with Crippen molar-refractivity contribution in [2.75, 3.05) is 6.54 Å². The summed E-state index contributed by atoms with van der Waals surface area (Å²) in [7, 11) is 0. The van der Waals surface area contributed by atoms with Crippen molar-refractivity contribution >= 4 is 29.1 Å². The highest BCUT2D eigenvalue weighted by Crippen LogP contribution is 2.15. The lowest BCUT2D eigenvalue weighted by Crippen LogP contribution is -2.27. The van der Waals surface area contributed by atoms with Crippen molar-refractivity contribution in [1.82, 2.24) is 5.32 Å². The molecule has 0 fully saturated rings. The molecule has 1 amide bonds. The van der Waals surface area contributed by atoms with Crippen LogP contribution in [0.2, 0.25) is 5.02 Å². The number of carbonyl (C=O) groups is 1. The van der Waals surface area contributed by atoms with Gasteiger partial charge >= 0.3 is 0 Å². The quantitative estimate of drug-likeness (QED) is 0.791. The molecule has 1 aromatic rings. The van der Waals surface area contributed by atoms with Crippen LogP contribution in [0.25, 0.3) is 0 Å². The number of nitrogens with one attached hydrogen (secondary N) is 1. The van der Waals surface area contributed by atoms with E-state index >= 15 is 0 Å². The molecule has 4 heteroatoms. The molecule has 0 radical (unpaired) electrons. The van der Waals surface area contributed by atoms with Gasteiger partial charge in [0.1, 0.15) is 0 Å². The smallest absolute Gasteiger partial charge is 0.224 e. The zero-order valence-electron chi connectivity index (χ0n) is 9.88. The van der Waals surface area contributed by atoms with Gasteiger partial charge in [0.15, 0.2) is 0 Å². The fraction of sp³-hybridized carbons (Fsp3) is 0.462. The molecule has 0 aliphatic heterocycles. The van der Waals surface area contributed by atoms with E-state index in [2.05, 4.69) is 5.32 Å². The topological polar surface area (TPSA) is 29.1 Å². The second-order valence-corrected chi connectivity index (χ2v) is 4.94. The first kappa shape index (κ1) is 14.3. The maximum Gasteiger partial charge on any atom is 0.224 e. The summed E-state index contributed by atoms with van der Waals surface area (Å²) < 4.78 is 0. The molecule has 17 heavy (non-hydrogen) atoms.